The highest BCUT2D eigenvalue weighted by molar-refractivity contribution is 5.99. The summed E-state index contributed by atoms with van der Waals surface area (Å²) in [6.45, 7) is 7.07. The van der Waals surface area contributed by atoms with Gasteiger partial charge in [0.1, 0.15) is 11.5 Å². The Labute approximate surface area is 119 Å². The number of fused-ring (bicyclic) bond motifs is 1. The van der Waals surface area contributed by atoms with E-state index in [2.05, 4.69) is 31.1 Å². The molecule has 0 fully saturated rings. The van der Waals surface area contributed by atoms with Crippen LogP contribution in [0, 0.1) is 5.41 Å². The van der Waals surface area contributed by atoms with Crippen molar-refractivity contribution in [1.82, 2.24) is 10.3 Å². The zero-order valence-corrected chi connectivity index (χ0v) is 12.2. The first-order chi connectivity index (χ1) is 9.37. The predicted molar refractivity (Wildman–Crippen MR) is 82.6 cm³/mol. The van der Waals surface area contributed by atoms with Gasteiger partial charge in [-0.3, -0.25) is 4.79 Å². The number of carbonyl (C=O) groups excluding carboxylic acids is 1. The molecule has 0 unspecified atom stereocenters. The lowest BCUT2D eigenvalue weighted by Crippen LogP contribution is -2.28. The van der Waals surface area contributed by atoms with Crippen LogP contribution >= 0.6 is 0 Å². The Hall–Kier alpha value is -2.10. The third kappa shape index (κ3) is 3.47. The minimum atomic E-state index is -0.174. The molecule has 2 aromatic rings. The average molecular weight is 271 g/mol. The first kappa shape index (κ1) is 14.3. The van der Waals surface area contributed by atoms with Crippen LogP contribution in [-0.2, 0) is 0 Å². The summed E-state index contributed by atoms with van der Waals surface area (Å²) in [5.41, 5.74) is 6.47. The molecule has 4 nitrogen and oxygen atoms in total. The van der Waals surface area contributed by atoms with Crippen molar-refractivity contribution >= 4 is 22.5 Å². The van der Waals surface area contributed by atoms with Gasteiger partial charge in [0.2, 0.25) is 0 Å². The molecule has 0 radical (unpaired) electrons. The SMILES string of the molecule is CC(C)(C)CCNC(=O)c1cc2ccccc2c(N)n1. The van der Waals surface area contributed by atoms with Gasteiger partial charge in [-0.25, -0.2) is 4.98 Å². The van der Waals surface area contributed by atoms with Crippen LogP contribution in [0.5, 0.6) is 0 Å². The van der Waals surface area contributed by atoms with Crippen molar-refractivity contribution in [3.63, 3.8) is 0 Å². The monoisotopic (exact) mass is 271 g/mol. The molecule has 0 saturated heterocycles. The highest BCUT2D eigenvalue weighted by atomic mass is 16.1. The molecule has 1 amide bonds. The zero-order valence-electron chi connectivity index (χ0n) is 12.2. The minimum Gasteiger partial charge on any atom is -0.383 e. The molecule has 0 bridgehead atoms. The molecule has 1 aromatic heterocycles. The van der Waals surface area contributed by atoms with Crippen molar-refractivity contribution < 1.29 is 4.79 Å². The largest absolute Gasteiger partial charge is 0.383 e. The summed E-state index contributed by atoms with van der Waals surface area (Å²) in [4.78, 5) is 16.3. The lowest BCUT2D eigenvalue weighted by molar-refractivity contribution is 0.0945. The summed E-state index contributed by atoms with van der Waals surface area (Å²) >= 11 is 0. The molecule has 0 aliphatic carbocycles. The van der Waals surface area contributed by atoms with E-state index in [0.29, 0.717) is 18.1 Å². The number of benzene rings is 1. The lowest BCUT2D eigenvalue weighted by atomic mass is 9.92. The Balaban J connectivity index is 2.14. The van der Waals surface area contributed by atoms with Gasteiger partial charge in [-0.15, -0.1) is 0 Å². The number of anilines is 1. The van der Waals surface area contributed by atoms with Gasteiger partial charge in [0.25, 0.3) is 5.91 Å². The fraction of sp³-hybridized carbons (Fsp3) is 0.375. The molecular weight excluding hydrogens is 250 g/mol. The minimum absolute atomic E-state index is 0.174. The topological polar surface area (TPSA) is 68.0 Å². The maximum absolute atomic E-state index is 12.1. The van der Waals surface area contributed by atoms with E-state index in [1.54, 1.807) is 6.07 Å². The second kappa shape index (κ2) is 5.49. The van der Waals surface area contributed by atoms with Gasteiger partial charge >= 0.3 is 0 Å². The third-order valence-electron chi connectivity index (χ3n) is 3.16. The number of hydrogen-bond acceptors (Lipinski definition) is 3. The maximum Gasteiger partial charge on any atom is 0.269 e. The van der Waals surface area contributed by atoms with Crippen molar-refractivity contribution in [2.75, 3.05) is 12.3 Å². The smallest absolute Gasteiger partial charge is 0.269 e. The molecule has 1 aromatic carbocycles. The van der Waals surface area contributed by atoms with Crippen LogP contribution in [0.15, 0.2) is 30.3 Å². The van der Waals surface area contributed by atoms with Crippen LogP contribution in [0.1, 0.15) is 37.7 Å². The number of aromatic nitrogens is 1. The summed E-state index contributed by atoms with van der Waals surface area (Å²) in [5.74, 6) is 0.218. The molecule has 0 aliphatic heterocycles. The van der Waals surface area contributed by atoms with Gasteiger partial charge in [-0.2, -0.15) is 0 Å². The van der Waals surface area contributed by atoms with Gasteiger partial charge in [-0.1, -0.05) is 45.0 Å². The van der Waals surface area contributed by atoms with E-state index in [1.165, 1.54) is 0 Å². The maximum atomic E-state index is 12.1. The van der Waals surface area contributed by atoms with Gasteiger partial charge in [0.05, 0.1) is 0 Å². The van der Waals surface area contributed by atoms with Crippen molar-refractivity contribution in [1.29, 1.82) is 0 Å². The fourth-order valence-corrected chi connectivity index (χ4v) is 1.98. The molecule has 1 heterocycles. The number of carbonyl (C=O) groups is 1. The van der Waals surface area contributed by atoms with E-state index < -0.39 is 0 Å². The van der Waals surface area contributed by atoms with E-state index in [0.717, 1.165) is 17.2 Å². The Kier molecular flexibility index (Phi) is 3.93. The highest BCUT2D eigenvalue weighted by Gasteiger charge is 2.13. The fourth-order valence-electron chi connectivity index (χ4n) is 1.98. The number of nitrogens with two attached hydrogens (primary N) is 1. The van der Waals surface area contributed by atoms with Crippen LogP contribution in [0.2, 0.25) is 0 Å². The summed E-state index contributed by atoms with van der Waals surface area (Å²) in [6, 6.07) is 9.43. The average Bonchev–Trinajstić information content (AvgIpc) is 2.37. The number of nitrogens with one attached hydrogen (secondary N) is 1. The molecule has 2 rings (SSSR count). The van der Waals surface area contributed by atoms with Crippen LogP contribution in [0.3, 0.4) is 0 Å². The van der Waals surface area contributed by atoms with E-state index in [1.807, 2.05) is 24.3 Å². The van der Waals surface area contributed by atoms with Crippen molar-refractivity contribution in [3.8, 4) is 0 Å². The van der Waals surface area contributed by atoms with Crippen LogP contribution in [0.25, 0.3) is 10.8 Å². The van der Waals surface area contributed by atoms with Gasteiger partial charge in [0.15, 0.2) is 0 Å². The first-order valence-electron chi connectivity index (χ1n) is 6.80. The standard InChI is InChI=1S/C16H21N3O/c1-16(2,3)8-9-18-15(20)13-10-11-6-4-5-7-12(11)14(17)19-13/h4-7,10H,8-9H2,1-3H3,(H2,17,19)(H,18,20). The van der Waals surface area contributed by atoms with E-state index in [4.69, 9.17) is 5.73 Å². The van der Waals surface area contributed by atoms with Crippen molar-refractivity contribution in [2.45, 2.75) is 27.2 Å². The van der Waals surface area contributed by atoms with Gasteiger partial charge in [0, 0.05) is 11.9 Å². The zero-order chi connectivity index (χ0) is 14.8. The number of pyridine rings is 1. The van der Waals surface area contributed by atoms with E-state index in [-0.39, 0.29) is 11.3 Å². The number of hydrogen-bond donors (Lipinski definition) is 2. The van der Waals surface area contributed by atoms with E-state index in [9.17, 15) is 4.79 Å². The number of nitrogens with zero attached hydrogens (tertiary/aromatic N) is 1. The van der Waals surface area contributed by atoms with Crippen molar-refractivity contribution in [3.05, 3.63) is 36.0 Å². The molecular formula is C16H21N3O. The Morgan fingerprint density at radius 3 is 2.70 bits per heavy atom. The quantitative estimate of drug-likeness (QED) is 0.901. The number of nitrogen functional groups attached to an aromatic ring is 1. The molecule has 20 heavy (non-hydrogen) atoms. The molecule has 0 aliphatic rings. The Morgan fingerprint density at radius 1 is 1.30 bits per heavy atom. The summed E-state index contributed by atoms with van der Waals surface area (Å²) < 4.78 is 0. The molecule has 0 saturated carbocycles. The van der Waals surface area contributed by atoms with Crippen LogP contribution in [0.4, 0.5) is 5.82 Å². The van der Waals surface area contributed by atoms with Gasteiger partial charge in [-0.05, 0) is 23.3 Å². The predicted octanol–water partition coefficient (Wildman–Crippen LogP) is 2.98. The number of rotatable bonds is 3. The van der Waals surface area contributed by atoms with Gasteiger partial charge < -0.3 is 11.1 Å². The highest BCUT2D eigenvalue weighted by Crippen LogP contribution is 2.20. The molecule has 3 N–H and O–H groups in total. The summed E-state index contributed by atoms with van der Waals surface area (Å²) in [5, 5.41) is 4.70. The molecule has 4 heteroatoms. The lowest BCUT2D eigenvalue weighted by Gasteiger charge is -2.18. The summed E-state index contributed by atoms with van der Waals surface area (Å²) in [7, 11) is 0. The molecule has 0 atom stereocenters. The van der Waals surface area contributed by atoms with E-state index >= 15 is 0 Å². The second-order valence-corrected chi connectivity index (χ2v) is 6.18. The number of amides is 1. The first-order valence-corrected chi connectivity index (χ1v) is 6.80. The normalized spacial score (nSPS) is 11.6. The molecule has 106 valence electrons. The summed E-state index contributed by atoms with van der Waals surface area (Å²) in [6.07, 6.45) is 0.918. The molecule has 0 spiro atoms. The van der Waals surface area contributed by atoms with Crippen LogP contribution < -0.4 is 11.1 Å². The van der Waals surface area contributed by atoms with Crippen LogP contribution in [-0.4, -0.2) is 17.4 Å². The van der Waals surface area contributed by atoms with Crippen molar-refractivity contribution in [2.24, 2.45) is 5.41 Å². The third-order valence-corrected chi connectivity index (χ3v) is 3.16. The second-order valence-electron chi connectivity index (χ2n) is 6.18. The Bertz CT molecular complexity index is 629. The Morgan fingerprint density at radius 2 is 2.00 bits per heavy atom.